The second kappa shape index (κ2) is 7.07. The third-order valence-electron chi connectivity index (χ3n) is 3.40. The molecule has 0 saturated carbocycles. The molecule has 0 spiro atoms. The Morgan fingerprint density at radius 1 is 1.46 bits per heavy atom. The molecule has 0 saturated heterocycles. The van der Waals surface area contributed by atoms with E-state index in [1.165, 1.54) is 13.3 Å². The molecule has 0 unspecified atom stereocenters. The minimum Gasteiger partial charge on any atom is -0.467 e. The van der Waals surface area contributed by atoms with Gasteiger partial charge in [-0.1, -0.05) is 19.9 Å². The molecule has 2 aromatic heterocycles. The van der Waals surface area contributed by atoms with Gasteiger partial charge < -0.3 is 10.1 Å². The fraction of sp³-hybridized carbons (Fsp3) is 0.400. The van der Waals surface area contributed by atoms with Crippen LogP contribution >= 0.6 is 0 Å². The van der Waals surface area contributed by atoms with Crippen LogP contribution in [0.5, 0.6) is 0 Å². The fourth-order valence-corrected chi connectivity index (χ4v) is 2.34. The zero-order valence-electron chi connectivity index (χ0n) is 13.6. The molecule has 2 heterocycles. The maximum absolute atomic E-state index is 12.4. The number of fused-ring (bicyclic) bond motifs is 1. The van der Waals surface area contributed by atoms with Crippen LogP contribution < -0.4 is 10.9 Å². The summed E-state index contributed by atoms with van der Waals surface area (Å²) in [6, 6.07) is 3.93. The number of ether oxygens (including phenoxy) is 1. The highest BCUT2D eigenvalue weighted by Crippen LogP contribution is 2.21. The summed E-state index contributed by atoms with van der Waals surface area (Å²) < 4.78 is 5.80. The SMILES string of the molecule is COC(=O)[C@H](CC(C)C)Nc1nc2ccccn2c(=O)c1[N+](=O)[O-]. The summed E-state index contributed by atoms with van der Waals surface area (Å²) in [5, 5.41) is 14.0. The van der Waals surface area contributed by atoms with E-state index in [0.29, 0.717) is 6.42 Å². The molecular weight excluding hydrogens is 316 g/mol. The van der Waals surface area contributed by atoms with Gasteiger partial charge in [0.1, 0.15) is 11.7 Å². The lowest BCUT2D eigenvalue weighted by Crippen LogP contribution is -2.34. The summed E-state index contributed by atoms with van der Waals surface area (Å²) in [7, 11) is 1.23. The zero-order valence-corrected chi connectivity index (χ0v) is 13.6. The number of rotatable bonds is 6. The second-order valence-electron chi connectivity index (χ2n) is 5.65. The number of nitrogens with zero attached hydrogens (tertiary/aromatic N) is 3. The first-order chi connectivity index (χ1) is 11.3. The number of carbonyl (C=O) groups is 1. The Labute approximate surface area is 137 Å². The standard InChI is InChI=1S/C15H18N4O5/c1-9(2)8-10(15(21)24-3)16-13-12(19(22)23)14(20)18-7-5-4-6-11(18)17-13/h4-7,9-10,16H,8H2,1-3H3/t10-/m0/s1. The van der Waals surface area contributed by atoms with E-state index >= 15 is 0 Å². The van der Waals surface area contributed by atoms with Crippen LogP contribution in [0.15, 0.2) is 29.2 Å². The maximum atomic E-state index is 12.4. The van der Waals surface area contributed by atoms with Crippen molar-refractivity contribution < 1.29 is 14.5 Å². The summed E-state index contributed by atoms with van der Waals surface area (Å²) in [6.07, 6.45) is 1.77. The van der Waals surface area contributed by atoms with E-state index in [-0.39, 0.29) is 17.4 Å². The zero-order chi connectivity index (χ0) is 17.9. The van der Waals surface area contributed by atoms with Gasteiger partial charge in [0.25, 0.3) is 0 Å². The molecule has 2 aromatic rings. The Morgan fingerprint density at radius 2 is 2.17 bits per heavy atom. The summed E-state index contributed by atoms with van der Waals surface area (Å²) in [4.78, 5) is 38.9. The van der Waals surface area contributed by atoms with Gasteiger partial charge in [-0.3, -0.25) is 19.3 Å². The predicted molar refractivity (Wildman–Crippen MR) is 87.0 cm³/mol. The summed E-state index contributed by atoms with van der Waals surface area (Å²) in [6.45, 7) is 3.80. The van der Waals surface area contributed by atoms with Crippen molar-refractivity contribution >= 4 is 23.1 Å². The molecule has 1 atom stereocenters. The molecule has 9 heteroatoms. The number of aromatic nitrogens is 2. The van der Waals surface area contributed by atoms with Gasteiger partial charge in [-0.25, -0.2) is 9.78 Å². The number of nitrogens with one attached hydrogen (secondary N) is 1. The van der Waals surface area contributed by atoms with E-state index in [1.54, 1.807) is 18.2 Å². The van der Waals surface area contributed by atoms with Crippen molar-refractivity contribution in [1.29, 1.82) is 0 Å². The summed E-state index contributed by atoms with van der Waals surface area (Å²) >= 11 is 0. The molecule has 9 nitrogen and oxygen atoms in total. The molecule has 0 amide bonds. The molecule has 0 aliphatic heterocycles. The average molecular weight is 334 g/mol. The normalized spacial score (nSPS) is 12.2. The van der Waals surface area contributed by atoms with Gasteiger partial charge in [0.05, 0.1) is 12.0 Å². The van der Waals surface area contributed by atoms with E-state index in [2.05, 4.69) is 10.3 Å². The number of hydrogen-bond acceptors (Lipinski definition) is 7. The van der Waals surface area contributed by atoms with E-state index in [9.17, 15) is 19.7 Å². The van der Waals surface area contributed by atoms with Crippen LogP contribution in [0.2, 0.25) is 0 Å². The molecule has 0 aliphatic carbocycles. The van der Waals surface area contributed by atoms with Crippen molar-refractivity contribution in [3.05, 3.63) is 44.9 Å². The number of hydrogen-bond donors (Lipinski definition) is 1. The minimum atomic E-state index is -0.841. The minimum absolute atomic E-state index is 0.127. The van der Waals surface area contributed by atoms with E-state index in [1.807, 2.05) is 13.8 Å². The van der Waals surface area contributed by atoms with Crippen LogP contribution in [0, 0.1) is 16.0 Å². The van der Waals surface area contributed by atoms with E-state index in [0.717, 1.165) is 4.40 Å². The first kappa shape index (κ1) is 17.4. The summed E-state index contributed by atoms with van der Waals surface area (Å²) in [5.74, 6) is -0.692. The number of anilines is 1. The molecule has 2 rings (SSSR count). The van der Waals surface area contributed by atoms with Gasteiger partial charge in [-0.15, -0.1) is 0 Å². The lowest BCUT2D eigenvalue weighted by atomic mass is 10.0. The third-order valence-corrected chi connectivity index (χ3v) is 3.40. The number of pyridine rings is 1. The highest BCUT2D eigenvalue weighted by molar-refractivity contribution is 5.80. The molecule has 1 N–H and O–H groups in total. The lowest BCUT2D eigenvalue weighted by molar-refractivity contribution is -0.385. The van der Waals surface area contributed by atoms with Gasteiger partial charge in [-0.05, 0) is 24.5 Å². The van der Waals surface area contributed by atoms with Gasteiger partial charge in [-0.2, -0.15) is 0 Å². The summed E-state index contributed by atoms with van der Waals surface area (Å²) in [5.41, 5.74) is -1.29. The van der Waals surface area contributed by atoms with Crippen molar-refractivity contribution in [3.63, 3.8) is 0 Å². The maximum Gasteiger partial charge on any atom is 0.376 e. The van der Waals surface area contributed by atoms with Crippen molar-refractivity contribution in [3.8, 4) is 0 Å². The van der Waals surface area contributed by atoms with Crippen molar-refractivity contribution in [2.45, 2.75) is 26.3 Å². The first-order valence-electron chi connectivity index (χ1n) is 7.35. The van der Waals surface area contributed by atoms with Crippen LogP contribution in [-0.2, 0) is 9.53 Å². The smallest absolute Gasteiger partial charge is 0.376 e. The Balaban J connectivity index is 2.57. The number of nitro groups is 1. The topological polar surface area (TPSA) is 116 Å². The number of methoxy groups -OCH3 is 1. The van der Waals surface area contributed by atoms with Crippen LogP contribution in [0.4, 0.5) is 11.5 Å². The van der Waals surface area contributed by atoms with Gasteiger partial charge >= 0.3 is 17.2 Å². The molecule has 0 radical (unpaired) electrons. The molecule has 0 bridgehead atoms. The van der Waals surface area contributed by atoms with Crippen molar-refractivity contribution in [1.82, 2.24) is 9.38 Å². The molecule has 128 valence electrons. The van der Waals surface area contributed by atoms with Crippen molar-refractivity contribution in [2.24, 2.45) is 5.92 Å². The largest absolute Gasteiger partial charge is 0.467 e. The monoisotopic (exact) mass is 334 g/mol. The quantitative estimate of drug-likeness (QED) is 0.484. The molecule has 24 heavy (non-hydrogen) atoms. The first-order valence-corrected chi connectivity index (χ1v) is 7.35. The van der Waals surface area contributed by atoms with Crippen LogP contribution in [0.25, 0.3) is 5.65 Å². The average Bonchev–Trinajstić information content (AvgIpc) is 2.52. The molecule has 0 aliphatic rings. The van der Waals surface area contributed by atoms with Crippen LogP contribution in [0.3, 0.4) is 0 Å². The second-order valence-corrected chi connectivity index (χ2v) is 5.65. The Bertz CT molecular complexity index is 830. The molecular formula is C15H18N4O5. The van der Waals surface area contributed by atoms with Crippen molar-refractivity contribution in [2.75, 3.05) is 12.4 Å². The predicted octanol–water partition coefficient (Wildman–Crippen LogP) is 1.60. The van der Waals surface area contributed by atoms with E-state index < -0.39 is 28.2 Å². The fourth-order valence-electron chi connectivity index (χ4n) is 2.34. The lowest BCUT2D eigenvalue weighted by Gasteiger charge is -2.18. The highest BCUT2D eigenvalue weighted by Gasteiger charge is 2.28. The van der Waals surface area contributed by atoms with Crippen LogP contribution in [-0.4, -0.2) is 33.4 Å². The van der Waals surface area contributed by atoms with Crippen LogP contribution in [0.1, 0.15) is 20.3 Å². The Hall–Kier alpha value is -2.97. The number of carbonyl (C=O) groups excluding carboxylic acids is 1. The van der Waals surface area contributed by atoms with Gasteiger partial charge in [0.15, 0.2) is 0 Å². The highest BCUT2D eigenvalue weighted by atomic mass is 16.6. The number of esters is 1. The third kappa shape index (κ3) is 3.50. The van der Waals surface area contributed by atoms with Gasteiger partial charge in [0.2, 0.25) is 5.82 Å². The molecule has 0 aromatic carbocycles. The Morgan fingerprint density at radius 3 is 2.75 bits per heavy atom. The van der Waals surface area contributed by atoms with Gasteiger partial charge in [0, 0.05) is 6.20 Å². The van der Waals surface area contributed by atoms with E-state index in [4.69, 9.17) is 4.74 Å². The molecule has 0 fully saturated rings. The Kier molecular flexibility index (Phi) is 5.12.